The summed E-state index contributed by atoms with van der Waals surface area (Å²) in [6.45, 7) is 2.96. The van der Waals surface area contributed by atoms with Crippen LogP contribution in [0.25, 0.3) is 0 Å². The van der Waals surface area contributed by atoms with Crippen molar-refractivity contribution in [3.8, 4) is 0 Å². The van der Waals surface area contributed by atoms with E-state index in [2.05, 4.69) is 10.2 Å². The molecule has 1 heterocycles. The summed E-state index contributed by atoms with van der Waals surface area (Å²) in [5, 5.41) is 2.97. The molecule has 0 radical (unpaired) electrons. The van der Waals surface area contributed by atoms with Crippen LogP contribution < -0.4 is 11.1 Å². The molecule has 0 aromatic heterocycles. The number of primary amides is 1. The summed E-state index contributed by atoms with van der Waals surface area (Å²) in [7, 11) is 1.79. The number of rotatable bonds is 4. The predicted octanol–water partition coefficient (Wildman–Crippen LogP) is 0.326. The first kappa shape index (κ1) is 12.5. The highest BCUT2D eigenvalue weighted by Crippen LogP contribution is 2.10. The lowest BCUT2D eigenvalue weighted by molar-refractivity contribution is -0.120. The molecule has 0 bridgehead atoms. The Kier molecular flexibility index (Phi) is 5.65. The van der Waals surface area contributed by atoms with E-state index in [1.807, 2.05) is 0 Å². The molecule has 1 aliphatic heterocycles. The smallest absolute Gasteiger partial charge is 0.235 e. The van der Waals surface area contributed by atoms with Gasteiger partial charge in [0.1, 0.15) is 0 Å². The summed E-state index contributed by atoms with van der Waals surface area (Å²) in [4.78, 5) is 13.4. The Balaban J connectivity index is 2.36. The summed E-state index contributed by atoms with van der Waals surface area (Å²) in [6.07, 6.45) is 6.48. The molecule has 0 spiro atoms. The van der Waals surface area contributed by atoms with Crippen molar-refractivity contribution in [2.24, 2.45) is 5.73 Å². The summed E-state index contributed by atoms with van der Waals surface area (Å²) in [6, 6.07) is -0.204. The molecular weight excluding hydrogens is 190 g/mol. The minimum Gasteiger partial charge on any atom is -0.368 e. The van der Waals surface area contributed by atoms with Crippen LogP contribution in [0.2, 0.25) is 0 Å². The average molecular weight is 213 g/mol. The van der Waals surface area contributed by atoms with Crippen molar-refractivity contribution < 1.29 is 4.79 Å². The molecule has 0 aliphatic carbocycles. The second kappa shape index (κ2) is 6.80. The van der Waals surface area contributed by atoms with Crippen LogP contribution in [0.4, 0.5) is 0 Å². The fourth-order valence-electron chi connectivity index (χ4n) is 2.08. The second-order valence-electron chi connectivity index (χ2n) is 4.31. The van der Waals surface area contributed by atoms with Crippen molar-refractivity contribution in [2.45, 2.75) is 38.1 Å². The Morgan fingerprint density at radius 2 is 1.80 bits per heavy atom. The monoisotopic (exact) mass is 213 g/mol. The maximum atomic E-state index is 11.1. The van der Waals surface area contributed by atoms with Crippen LogP contribution >= 0.6 is 0 Å². The summed E-state index contributed by atoms with van der Waals surface area (Å²) in [5.74, 6) is -0.250. The van der Waals surface area contributed by atoms with E-state index in [1.165, 1.54) is 32.1 Å². The Bertz CT molecular complexity index is 188. The van der Waals surface area contributed by atoms with Crippen molar-refractivity contribution in [3.05, 3.63) is 0 Å². The van der Waals surface area contributed by atoms with Crippen molar-refractivity contribution in [1.82, 2.24) is 10.2 Å². The van der Waals surface area contributed by atoms with Crippen LogP contribution in [-0.4, -0.2) is 43.5 Å². The summed E-state index contributed by atoms with van der Waals surface area (Å²) >= 11 is 0. The highest BCUT2D eigenvalue weighted by molar-refractivity contribution is 5.80. The van der Waals surface area contributed by atoms with Gasteiger partial charge in [0.15, 0.2) is 0 Å². The van der Waals surface area contributed by atoms with Gasteiger partial charge in [0.05, 0.1) is 6.04 Å². The van der Waals surface area contributed by atoms with Crippen LogP contribution in [-0.2, 0) is 4.79 Å². The van der Waals surface area contributed by atoms with E-state index in [4.69, 9.17) is 5.73 Å². The predicted molar refractivity (Wildman–Crippen MR) is 61.6 cm³/mol. The van der Waals surface area contributed by atoms with Gasteiger partial charge in [0.2, 0.25) is 5.91 Å². The topological polar surface area (TPSA) is 58.4 Å². The van der Waals surface area contributed by atoms with Gasteiger partial charge in [0, 0.05) is 6.54 Å². The Hall–Kier alpha value is -0.610. The van der Waals surface area contributed by atoms with E-state index in [-0.39, 0.29) is 11.9 Å². The van der Waals surface area contributed by atoms with Crippen LogP contribution in [0.5, 0.6) is 0 Å². The standard InChI is InChI=1S/C11H23N3O/c1-13-10(11(12)15)9-14-7-5-3-2-4-6-8-14/h10,13H,2-9H2,1H3,(H2,12,15). The number of likely N-dealkylation sites (tertiary alicyclic amines) is 1. The fourth-order valence-corrected chi connectivity index (χ4v) is 2.08. The number of carbonyl (C=O) groups is 1. The number of nitrogens with one attached hydrogen (secondary N) is 1. The molecule has 0 aromatic rings. The van der Waals surface area contributed by atoms with Crippen LogP contribution in [0.15, 0.2) is 0 Å². The number of likely N-dealkylation sites (N-methyl/N-ethyl adjacent to an activating group) is 1. The van der Waals surface area contributed by atoms with Gasteiger partial charge in [-0.1, -0.05) is 19.3 Å². The molecule has 88 valence electrons. The van der Waals surface area contributed by atoms with Crippen LogP contribution in [0.1, 0.15) is 32.1 Å². The zero-order chi connectivity index (χ0) is 11.1. The first-order valence-electron chi connectivity index (χ1n) is 5.93. The quantitative estimate of drug-likeness (QED) is 0.707. The first-order chi connectivity index (χ1) is 7.24. The van der Waals surface area contributed by atoms with Crippen molar-refractivity contribution >= 4 is 5.91 Å². The number of amides is 1. The summed E-state index contributed by atoms with van der Waals surface area (Å²) in [5.41, 5.74) is 5.31. The van der Waals surface area contributed by atoms with Gasteiger partial charge in [-0.3, -0.25) is 4.79 Å². The fraction of sp³-hybridized carbons (Fsp3) is 0.909. The number of nitrogens with zero attached hydrogens (tertiary/aromatic N) is 1. The number of carbonyl (C=O) groups excluding carboxylic acids is 1. The minimum absolute atomic E-state index is 0.204. The minimum atomic E-state index is -0.250. The Labute approximate surface area is 92.2 Å². The van der Waals surface area contributed by atoms with E-state index in [1.54, 1.807) is 7.05 Å². The third-order valence-electron chi connectivity index (χ3n) is 3.08. The third kappa shape index (κ3) is 4.62. The molecule has 1 atom stereocenters. The molecule has 3 N–H and O–H groups in total. The van der Waals surface area contributed by atoms with Crippen LogP contribution in [0, 0.1) is 0 Å². The average Bonchev–Trinajstić information content (AvgIpc) is 2.15. The number of hydrogen-bond acceptors (Lipinski definition) is 3. The van der Waals surface area contributed by atoms with E-state index in [0.29, 0.717) is 0 Å². The Morgan fingerprint density at radius 3 is 2.27 bits per heavy atom. The zero-order valence-electron chi connectivity index (χ0n) is 9.67. The molecule has 4 nitrogen and oxygen atoms in total. The largest absolute Gasteiger partial charge is 0.368 e. The number of hydrogen-bond donors (Lipinski definition) is 2. The van der Waals surface area contributed by atoms with Gasteiger partial charge in [0.25, 0.3) is 0 Å². The van der Waals surface area contributed by atoms with Gasteiger partial charge in [-0.15, -0.1) is 0 Å². The third-order valence-corrected chi connectivity index (χ3v) is 3.08. The first-order valence-corrected chi connectivity index (χ1v) is 5.93. The molecule has 0 saturated carbocycles. The molecular formula is C11H23N3O. The molecule has 1 amide bonds. The van der Waals surface area contributed by atoms with E-state index in [0.717, 1.165) is 19.6 Å². The lowest BCUT2D eigenvalue weighted by Gasteiger charge is -2.27. The van der Waals surface area contributed by atoms with Crippen molar-refractivity contribution in [2.75, 3.05) is 26.7 Å². The SMILES string of the molecule is CNC(CN1CCCCCCC1)C(N)=O. The molecule has 1 rings (SSSR count). The van der Waals surface area contributed by atoms with Crippen molar-refractivity contribution in [1.29, 1.82) is 0 Å². The highest BCUT2D eigenvalue weighted by atomic mass is 16.1. The van der Waals surface area contributed by atoms with E-state index >= 15 is 0 Å². The van der Waals surface area contributed by atoms with Gasteiger partial charge in [-0.05, 0) is 33.0 Å². The maximum absolute atomic E-state index is 11.1. The lowest BCUT2D eigenvalue weighted by Crippen LogP contribution is -2.48. The van der Waals surface area contributed by atoms with E-state index < -0.39 is 0 Å². The van der Waals surface area contributed by atoms with Crippen molar-refractivity contribution in [3.63, 3.8) is 0 Å². The highest BCUT2D eigenvalue weighted by Gasteiger charge is 2.17. The molecule has 1 aliphatic rings. The van der Waals surface area contributed by atoms with Gasteiger partial charge in [-0.25, -0.2) is 0 Å². The summed E-state index contributed by atoms with van der Waals surface area (Å²) < 4.78 is 0. The van der Waals surface area contributed by atoms with Crippen LogP contribution in [0.3, 0.4) is 0 Å². The maximum Gasteiger partial charge on any atom is 0.235 e. The van der Waals surface area contributed by atoms with Gasteiger partial charge in [-0.2, -0.15) is 0 Å². The van der Waals surface area contributed by atoms with E-state index in [9.17, 15) is 4.79 Å². The Morgan fingerprint density at radius 1 is 1.27 bits per heavy atom. The molecule has 15 heavy (non-hydrogen) atoms. The van der Waals surface area contributed by atoms with Gasteiger partial charge >= 0.3 is 0 Å². The molecule has 1 fully saturated rings. The molecule has 1 saturated heterocycles. The lowest BCUT2D eigenvalue weighted by atomic mass is 10.1. The van der Waals surface area contributed by atoms with Gasteiger partial charge < -0.3 is 16.0 Å². The normalized spacial score (nSPS) is 21.7. The molecule has 4 heteroatoms. The molecule has 1 unspecified atom stereocenters. The second-order valence-corrected chi connectivity index (χ2v) is 4.31. The zero-order valence-corrected chi connectivity index (χ0v) is 9.67. The molecule has 0 aromatic carbocycles. The number of nitrogens with two attached hydrogens (primary N) is 1.